The maximum atomic E-state index is 12.1. The fourth-order valence-corrected chi connectivity index (χ4v) is 2.27. The Kier molecular flexibility index (Phi) is 5.92. The number of carbonyl (C=O) groups is 1. The van der Waals surface area contributed by atoms with Gasteiger partial charge in [0.15, 0.2) is 0 Å². The lowest BCUT2D eigenvalue weighted by molar-refractivity contribution is -0.137. The van der Waals surface area contributed by atoms with Crippen molar-refractivity contribution in [1.82, 2.24) is 9.80 Å². The first kappa shape index (κ1) is 14.5. The monoisotopic (exact) mass is 242 g/mol. The summed E-state index contributed by atoms with van der Waals surface area (Å²) < 4.78 is 5.26. The Hall–Kier alpha value is -0.610. The number of likely N-dealkylation sites (N-methyl/N-ethyl adjacent to an activating group) is 1. The normalized spacial score (nSPS) is 26.2. The van der Waals surface area contributed by atoms with Gasteiger partial charge in [0.2, 0.25) is 5.91 Å². The van der Waals surface area contributed by atoms with E-state index in [4.69, 9.17) is 4.74 Å². The van der Waals surface area contributed by atoms with Gasteiger partial charge in [-0.15, -0.1) is 0 Å². The van der Waals surface area contributed by atoms with E-state index in [2.05, 4.69) is 25.8 Å². The molecule has 0 spiro atoms. The molecule has 17 heavy (non-hydrogen) atoms. The molecule has 1 amide bonds. The molecule has 0 bridgehead atoms. The zero-order valence-electron chi connectivity index (χ0n) is 11.6. The molecular weight excluding hydrogens is 216 g/mol. The van der Waals surface area contributed by atoms with Crippen LogP contribution in [0.4, 0.5) is 0 Å². The summed E-state index contributed by atoms with van der Waals surface area (Å²) in [6.07, 6.45) is 1.45. The van der Waals surface area contributed by atoms with Crippen molar-refractivity contribution in [2.75, 3.05) is 33.4 Å². The molecule has 1 saturated heterocycles. The van der Waals surface area contributed by atoms with Crippen LogP contribution in [0, 0.1) is 0 Å². The van der Waals surface area contributed by atoms with Gasteiger partial charge in [-0.05, 0) is 34.2 Å². The molecule has 0 aliphatic carbocycles. The predicted octanol–water partition coefficient (Wildman–Crippen LogP) is 1.35. The molecule has 0 aromatic carbocycles. The average molecular weight is 242 g/mol. The van der Waals surface area contributed by atoms with Crippen molar-refractivity contribution in [2.45, 2.75) is 45.7 Å². The highest BCUT2D eigenvalue weighted by atomic mass is 16.5. The standard InChI is InChI=1S/C13H26N2O2/c1-5-17-10-6-7-13(16)15-9-8-14(4)11(2)12(15)3/h11-12H,5-10H2,1-4H3/t11-,12+/m0/s1. The van der Waals surface area contributed by atoms with Gasteiger partial charge in [-0.3, -0.25) is 9.69 Å². The van der Waals surface area contributed by atoms with Gasteiger partial charge in [0.25, 0.3) is 0 Å². The summed E-state index contributed by atoms with van der Waals surface area (Å²) >= 11 is 0. The first-order valence-electron chi connectivity index (χ1n) is 6.65. The molecule has 1 aliphatic rings. The molecule has 1 aliphatic heterocycles. The molecule has 4 nitrogen and oxygen atoms in total. The van der Waals surface area contributed by atoms with E-state index < -0.39 is 0 Å². The highest BCUT2D eigenvalue weighted by molar-refractivity contribution is 5.76. The minimum Gasteiger partial charge on any atom is -0.382 e. The second-order valence-electron chi connectivity index (χ2n) is 4.85. The number of carbonyl (C=O) groups excluding carboxylic acids is 1. The van der Waals surface area contributed by atoms with Crippen molar-refractivity contribution in [3.8, 4) is 0 Å². The summed E-state index contributed by atoms with van der Waals surface area (Å²) in [7, 11) is 2.12. The van der Waals surface area contributed by atoms with Crippen LogP contribution in [-0.2, 0) is 9.53 Å². The highest BCUT2D eigenvalue weighted by Gasteiger charge is 2.30. The Balaban J connectivity index is 2.36. The maximum Gasteiger partial charge on any atom is 0.222 e. The number of hydrogen-bond donors (Lipinski definition) is 0. The van der Waals surface area contributed by atoms with E-state index in [0.29, 0.717) is 25.1 Å². The van der Waals surface area contributed by atoms with Crippen LogP contribution in [0.1, 0.15) is 33.6 Å². The topological polar surface area (TPSA) is 32.8 Å². The van der Waals surface area contributed by atoms with E-state index in [1.165, 1.54) is 0 Å². The molecule has 1 rings (SSSR count). The fourth-order valence-electron chi connectivity index (χ4n) is 2.27. The lowest BCUT2D eigenvalue weighted by Crippen LogP contribution is -2.57. The zero-order chi connectivity index (χ0) is 12.8. The Morgan fingerprint density at radius 2 is 2.00 bits per heavy atom. The first-order chi connectivity index (χ1) is 8.07. The molecule has 0 unspecified atom stereocenters. The van der Waals surface area contributed by atoms with Crippen LogP contribution in [0.5, 0.6) is 0 Å². The van der Waals surface area contributed by atoms with Crippen molar-refractivity contribution in [2.24, 2.45) is 0 Å². The van der Waals surface area contributed by atoms with Crippen molar-refractivity contribution in [3.05, 3.63) is 0 Å². The van der Waals surface area contributed by atoms with Gasteiger partial charge in [-0.25, -0.2) is 0 Å². The quantitative estimate of drug-likeness (QED) is 0.682. The summed E-state index contributed by atoms with van der Waals surface area (Å²) in [6, 6.07) is 0.757. The van der Waals surface area contributed by atoms with E-state index >= 15 is 0 Å². The van der Waals surface area contributed by atoms with Crippen LogP contribution in [-0.4, -0.2) is 61.1 Å². The van der Waals surface area contributed by atoms with E-state index in [0.717, 1.165) is 26.1 Å². The second-order valence-corrected chi connectivity index (χ2v) is 4.85. The van der Waals surface area contributed by atoms with Gasteiger partial charge < -0.3 is 9.64 Å². The number of amides is 1. The number of hydrogen-bond acceptors (Lipinski definition) is 3. The molecule has 0 aromatic rings. The van der Waals surface area contributed by atoms with E-state index in [1.54, 1.807) is 0 Å². The number of ether oxygens (including phenoxy) is 1. The third kappa shape index (κ3) is 3.96. The smallest absolute Gasteiger partial charge is 0.222 e. The predicted molar refractivity (Wildman–Crippen MR) is 69.0 cm³/mol. The molecule has 0 N–H and O–H groups in total. The van der Waals surface area contributed by atoms with Gasteiger partial charge in [0.1, 0.15) is 0 Å². The van der Waals surface area contributed by atoms with Gasteiger partial charge >= 0.3 is 0 Å². The van der Waals surface area contributed by atoms with Crippen molar-refractivity contribution in [1.29, 1.82) is 0 Å². The van der Waals surface area contributed by atoms with Crippen LogP contribution in [0.2, 0.25) is 0 Å². The lowest BCUT2D eigenvalue weighted by Gasteiger charge is -2.43. The van der Waals surface area contributed by atoms with E-state index in [9.17, 15) is 4.79 Å². The van der Waals surface area contributed by atoms with Gasteiger partial charge in [0, 0.05) is 44.8 Å². The van der Waals surface area contributed by atoms with Crippen LogP contribution < -0.4 is 0 Å². The Morgan fingerprint density at radius 1 is 1.29 bits per heavy atom. The second kappa shape index (κ2) is 6.97. The van der Waals surface area contributed by atoms with Crippen molar-refractivity contribution in [3.63, 3.8) is 0 Å². The van der Waals surface area contributed by atoms with Gasteiger partial charge in [-0.1, -0.05) is 0 Å². The number of rotatable bonds is 5. The number of nitrogens with zero attached hydrogens (tertiary/aromatic N) is 2. The molecule has 0 radical (unpaired) electrons. The Bertz CT molecular complexity index is 246. The molecule has 0 aromatic heterocycles. The zero-order valence-corrected chi connectivity index (χ0v) is 11.6. The SMILES string of the molecule is CCOCCCC(=O)N1CCN(C)[C@@H](C)[C@H]1C. The minimum absolute atomic E-state index is 0.275. The molecule has 4 heteroatoms. The molecule has 1 fully saturated rings. The Labute approximate surface area is 105 Å². The summed E-state index contributed by atoms with van der Waals surface area (Å²) in [5, 5.41) is 0. The van der Waals surface area contributed by atoms with Gasteiger partial charge in [0.05, 0.1) is 0 Å². The minimum atomic E-state index is 0.275. The average Bonchev–Trinajstić information content (AvgIpc) is 2.31. The molecule has 0 saturated carbocycles. The molecule has 1 heterocycles. The Morgan fingerprint density at radius 3 is 2.65 bits per heavy atom. The third-order valence-electron chi connectivity index (χ3n) is 3.78. The van der Waals surface area contributed by atoms with Crippen molar-refractivity contribution < 1.29 is 9.53 Å². The van der Waals surface area contributed by atoms with E-state index in [1.807, 2.05) is 11.8 Å². The maximum absolute atomic E-state index is 12.1. The van der Waals surface area contributed by atoms with Crippen LogP contribution in [0.15, 0.2) is 0 Å². The molecular formula is C13H26N2O2. The van der Waals surface area contributed by atoms with Crippen LogP contribution in [0.25, 0.3) is 0 Å². The van der Waals surface area contributed by atoms with Crippen LogP contribution in [0.3, 0.4) is 0 Å². The lowest BCUT2D eigenvalue weighted by atomic mass is 10.0. The summed E-state index contributed by atoms with van der Waals surface area (Å²) in [4.78, 5) is 16.4. The van der Waals surface area contributed by atoms with Crippen LogP contribution >= 0.6 is 0 Å². The molecule has 100 valence electrons. The van der Waals surface area contributed by atoms with Gasteiger partial charge in [-0.2, -0.15) is 0 Å². The summed E-state index contributed by atoms with van der Waals surface area (Å²) in [5.74, 6) is 0.275. The third-order valence-corrected chi connectivity index (χ3v) is 3.78. The highest BCUT2D eigenvalue weighted by Crippen LogP contribution is 2.16. The first-order valence-corrected chi connectivity index (χ1v) is 6.65. The molecule has 2 atom stereocenters. The largest absolute Gasteiger partial charge is 0.382 e. The fraction of sp³-hybridized carbons (Fsp3) is 0.923. The van der Waals surface area contributed by atoms with E-state index in [-0.39, 0.29) is 5.91 Å². The summed E-state index contributed by atoms with van der Waals surface area (Å²) in [5.41, 5.74) is 0. The summed E-state index contributed by atoms with van der Waals surface area (Å²) in [6.45, 7) is 9.56. The van der Waals surface area contributed by atoms with Crippen molar-refractivity contribution >= 4 is 5.91 Å². The number of piperazine rings is 1.